The Labute approximate surface area is 185 Å². The molecule has 1 aromatic heterocycles. The Balaban J connectivity index is 1.71. The van der Waals surface area contributed by atoms with E-state index in [1.54, 1.807) is 13.0 Å². The number of pyridine rings is 1. The Bertz CT molecular complexity index is 1130. The van der Waals surface area contributed by atoms with Gasteiger partial charge in [0.15, 0.2) is 0 Å². The van der Waals surface area contributed by atoms with Crippen molar-refractivity contribution in [2.45, 2.75) is 13.1 Å². The molecule has 0 radical (unpaired) electrons. The van der Waals surface area contributed by atoms with E-state index in [-0.39, 0.29) is 21.4 Å². The molecule has 0 fully saturated rings. The van der Waals surface area contributed by atoms with Gasteiger partial charge in [-0.25, -0.2) is 9.78 Å². The Kier molecular flexibility index (Phi) is 6.52. The van der Waals surface area contributed by atoms with Crippen molar-refractivity contribution in [2.75, 3.05) is 5.32 Å². The number of nitrogens with zero attached hydrogens (tertiary/aromatic N) is 1. The Morgan fingerprint density at radius 3 is 2.16 bits per heavy atom. The predicted octanol–water partition coefficient (Wildman–Crippen LogP) is 6.34. The molecule has 0 saturated carbocycles. The number of imide groups is 1. The van der Waals surface area contributed by atoms with Gasteiger partial charge in [0, 0.05) is 11.8 Å². The molecule has 0 unspecified atom stereocenters. The van der Waals surface area contributed by atoms with Crippen molar-refractivity contribution in [3.8, 4) is 11.1 Å². The topological polar surface area (TPSA) is 71.1 Å². The van der Waals surface area contributed by atoms with Crippen molar-refractivity contribution < 1.29 is 22.8 Å². The van der Waals surface area contributed by atoms with E-state index >= 15 is 0 Å². The normalized spacial score (nSPS) is 11.2. The lowest BCUT2D eigenvalue weighted by molar-refractivity contribution is -0.137. The standard InChI is InChI=1S/C21H14Cl2F3N3O2/c1-11-9-17(27-10-14(11)12-5-7-13(8-6-12)21(24,25)26)28-20(31)29-19(30)18-15(22)3-2-4-16(18)23/h2-10H,1H3,(H2,27,28,29,30,31). The third-order valence-electron chi connectivity index (χ3n) is 4.29. The van der Waals surface area contributed by atoms with Crippen LogP contribution in [0.25, 0.3) is 11.1 Å². The van der Waals surface area contributed by atoms with Crippen molar-refractivity contribution in [3.63, 3.8) is 0 Å². The molecule has 2 N–H and O–H groups in total. The van der Waals surface area contributed by atoms with Crippen LogP contribution in [0.15, 0.2) is 54.7 Å². The van der Waals surface area contributed by atoms with Crippen LogP contribution in [0.4, 0.5) is 23.8 Å². The molecule has 31 heavy (non-hydrogen) atoms. The summed E-state index contributed by atoms with van der Waals surface area (Å²) in [6.45, 7) is 1.71. The first kappa shape index (κ1) is 22.6. The molecule has 0 aliphatic rings. The maximum atomic E-state index is 12.7. The van der Waals surface area contributed by atoms with E-state index in [1.807, 2.05) is 0 Å². The Morgan fingerprint density at radius 2 is 1.61 bits per heavy atom. The van der Waals surface area contributed by atoms with E-state index in [0.717, 1.165) is 12.1 Å². The zero-order valence-corrected chi connectivity index (χ0v) is 17.4. The van der Waals surface area contributed by atoms with Crippen LogP contribution in [0, 0.1) is 6.92 Å². The fourth-order valence-electron chi connectivity index (χ4n) is 2.79. The van der Waals surface area contributed by atoms with E-state index in [4.69, 9.17) is 23.2 Å². The van der Waals surface area contributed by atoms with Crippen LogP contribution in [0.3, 0.4) is 0 Å². The van der Waals surface area contributed by atoms with Gasteiger partial charge in [0.25, 0.3) is 5.91 Å². The second-order valence-corrected chi connectivity index (χ2v) is 7.28. The molecule has 0 saturated heterocycles. The SMILES string of the molecule is Cc1cc(NC(=O)NC(=O)c2c(Cl)cccc2Cl)ncc1-c1ccc(C(F)(F)F)cc1. The van der Waals surface area contributed by atoms with Gasteiger partial charge in [-0.15, -0.1) is 0 Å². The van der Waals surface area contributed by atoms with E-state index in [1.165, 1.54) is 36.5 Å². The number of nitrogens with one attached hydrogen (secondary N) is 2. The summed E-state index contributed by atoms with van der Waals surface area (Å²) in [4.78, 5) is 28.5. The lowest BCUT2D eigenvalue weighted by Crippen LogP contribution is -2.34. The van der Waals surface area contributed by atoms with Crippen molar-refractivity contribution >= 4 is 41.0 Å². The summed E-state index contributed by atoms with van der Waals surface area (Å²) in [6.07, 6.45) is -3.00. The second-order valence-electron chi connectivity index (χ2n) is 6.46. The Hall–Kier alpha value is -3.10. The molecule has 3 rings (SSSR count). The summed E-state index contributed by atoms with van der Waals surface area (Å²) in [5, 5.41) is 4.70. The highest BCUT2D eigenvalue weighted by Crippen LogP contribution is 2.32. The number of carbonyl (C=O) groups is 2. The molecule has 3 aromatic rings. The minimum Gasteiger partial charge on any atom is -0.292 e. The summed E-state index contributed by atoms with van der Waals surface area (Å²) < 4.78 is 38.2. The average Bonchev–Trinajstić information content (AvgIpc) is 2.67. The molecule has 160 valence electrons. The smallest absolute Gasteiger partial charge is 0.292 e. The van der Waals surface area contributed by atoms with Gasteiger partial charge in [-0.05, 0) is 48.4 Å². The first-order valence-corrected chi connectivity index (χ1v) is 9.52. The number of carbonyl (C=O) groups excluding carboxylic acids is 2. The predicted molar refractivity (Wildman–Crippen MR) is 112 cm³/mol. The number of urea groups is 1. The molecule has 0 aliphatic carbocycles. The van der Waals surface area contributed by atoms with Crippen LogP contribution in [0.2, 0.25) is 10.0 Å². The first-order valence-electron chi connectivity index (χ1n) is 8.77. The zero-order valence-electron chi connectivity index (χ0n) is 15.8. The number of benzene rings is 2. The third kappa shape index (κ3) is 5.34. The van der Waals surface area contributed by atoms with Crippen LogP contribution in [-0.2, 0) is 6.18 Å². The van der Waals surface area contributed by atoms with E-state index < -0.39 is 23.7 Å². The summed E-state index contributed by atoms with van der Waals surface area (Å²) in [5.41, 5.74) is 1.00. The molecule has 1 heterocycles. The zero-order chi connectivity index (χ0) is 22.8. The molecule has 5 nitrogen and oxygen atoms in total. The summed E-state index contributed by atoms with van der Waals surface area (Å²) >= 11 is 11.9. The molecule has 0 atom stereocenters. The van der Waals surface area contributed by atoms with Crippen molar-refractivity contribution in [2.24, 2.45) is 0 Å². The molecule has 2 aromatic carbocycles. The van der Waals surface area contributed by atoms with E-state index in [0.29, 0.717) is 16.7 Å². The van der Waals surface area contributed by atoms with Crippen LogP contribution < -0.4 is 10.6 Å². The first-order chi connectivity index (χ1) is 14.6. The van der Waals surface area contributed by atoms with Gasteiger partial charge in [0.1, 0.15) is 5.82 Å². The molecule has 0 bridgehead atoms. The highest BCUT2D eigenvalue weighted by Gasteiger charge is 2.30. The van der Waals surface area contributed by atoms with Crippen molar-refractivity contribution in [1.29, 1.82) is 0 Å². The second kappa shape index (κ2) is 8.95. The van der Waals surface area contributed by atoms with E-state index in [2.05, 4.69) is 15.6 Å². The summed E-state index contributed by atoms with van der Waals surface area (Å²) in [7, 11) is 0. The van der Waals surface area contributed by atoms with Crippen LogP contribution >= 0.6 is 23.2 Å². The number of hydrogen-bond donors (Lipinski definition) is 2. The number of anilines is 1. The van der Waals surface area contributed by atoms with Crippen LogP contribution in [-0.4, -0.2) is 16.9 Å². The fraction of sp³-hybridized carbons (Fsp3) is 0.0952. The maximum Gasteiger partial charge on any atom is 0.416 e. The van der Waals surface area contributed by atoms with Crippen LogP contribution in [0.1, 0.15) is 21.5 Å². The third-order valence-corrected chi connectivity index (χ3v) is 4.92. The van der Waals surface area contributed by atoms with E-state index in [9.17, 15) is 22.8 Å². The van der Waals surface area contributed by atoms with Crippen molar-refractivity contribution in [1.82, 2.24) is 10.3 Å². The minimum absolute atomic E-state index is 0.0391. The number of aryl methyl sites for hydroxylation is 1. The van der Waals surface area contributed by atoms with Gasteiger partial charge in [0.05, 0.1) is 21.2 Å². The minimum atomic E-state index is -4.42. The van der Waals surface area contributed by atoms with Gasteiger partial charge in [-0.3, -0.25) is 15.4 Å². The molecule has 0 aliphatic heterocycles. The molecular formula is C21H14Cl2F3N3O2. The molecular weight excluding hydrogens is 454 g/mol. The highest BCUT2D eigenvalue weighted by atomic mass is 35.5. The quantitative estimate of drug-likeness (QED) is 0.471. The van der Waals surface area contributed by atoms with Gasteiger partial charge in [-0.1, -0.05) is 41.4 Å². The maximum absolute atomic E-state index is 12.7. The number of amides is 3. The number of halogens is 5. The molecule has 0 spiro atoms. The molecule has 10 heteroatoms. The number of alkyl halides is 3. The fourth-order valence-corrected chi connectivity index (χ4v) is 3.36. The van der Waals surface area contributed by atoms with Crippen molar-refractivity contribution in [3.05, 3.63) is 81.5 Å². The number of rotatable bonds is 3. The van der Waals surface area contributed by atoms with Gasteiger partial charge >= 0.3 is 12.2 Å². The van der Waals surface area contributed by atoms with Crippen LogP contribution in [0.5, 0.6) is 0 Å². The number of aromatic nitrogens is 1. The van der Waals surface area contributed by atoms with Gasteiger partial charge < -0.3 is 0 Å². The largest absolute Gasteiger partial charge is 0.416 e. The lowest BCUT2D eigenvalue weighted by Gasteiger charge is -2.11. The summed E-state index contributed by atoms with van der Waals surface area (Å²) in [5.74, 6) is -0.644. The highest BCUT2D eigenvalue weighted by molar-refractivity contribution is 6.40. The van der Waals surface area contributed by atoms with Gasteiger partial charge in [-0.2, -0.15) is 13.2 Å². The number of hydrogen-bond acceptors (Lipinski definition) is 3. The average molecular weight is 468 g/mol. The Morgan fingerprint density at radius 1 is 1.00 bits per heavy atom. The molecule has 3 amide bonds. The summed E-state index contributed by atoms with van der Waals surface area (Å²) in [6, 6.07) is 9.83. The monoisotopic (exact) mass is 467 g/mol. The lowest BCUT2D eigenvalue weighted by atomic mass is 10.0. The van der Waals surface area contributed by atoms with Gasteiger partial charge in [0.2, 0.25) is 0 Å².